The lowest BCUT2D eigenvalue weighted by Crippen LogP contribution is -2.39. The van der Waals surface area contributed by atoms with Crippen LogP contribution in [0, 0.1) is 0 Å². The highest BCUT2D eigenvalue weighted by molar-refractivity contribution is 7.80. The third kappa shape index (κ3) is 7.81. The van der Waals surface area contributed by atoms with E-state index in [1.165, 1.54) is 11.1 Å². The summed E-state index contributed by atoms with van der Waals surface area (Å²) in [6.07, 6.45) is 3.27. The molecule has 0 bridgehead atoms. The van der Waals surface area contributed by atoms with Crippen LogP contribution in [0.2, 0.25) is 0 Å². The van der Waals surface area contributed by atoms with Crippen molar-refractivity contribution in [1.29, 1.82) is 0 Å². The zero-order chi connectivity index (χ0) is 21.4. The van der Waals surface area contributed by atoms with Crippen molar-refractivity contribution in [3.63, 3.8) is 0 Å². The second kappa shape index (κ2) is 11.0. The van der Waals surface area contributed by atoms with Gasteiger partial charge >= 0.3 is 10.4 Å². The van der Waals surface area contributed by atoms with Crippen molar-refractivity contribution in [2.24, 2.45) is 0 Å². The predicted octanol–water partition coefficient (Wildman–Crippen LogP) is 4.22. The molecule has 6 nitrogen and oxygen atoms in total. The van der Waals surface area contributed by atoms with Crippen LogP contribution in [0.25, 0.3) is 0 Å². The number of nitrogens with zero attached hydrogens (tertiary/aromatic N) is 1. The van der Waals surface area contributed by atoms with Crippen LogP contribution in [-0.2, 0) is 32.4 Å². The smallest absolute Gasteiger partial charge is 0.375 e. The van der Waals surface area contributed by atoms with Crippen LogP contribution in [0.3, 0.4) is 0 Å². The molecule has 0 amide bonds. The molecule has 0 aliphatic heterocycles. The highest BCUT2D eigenvalue weighted by Gasteiger charge is 2.27. The summed E-state index contributed by atoms with van der Waals surface area (Å²) in [6, 6.07) is 21.6. The molecule has 0 spiro atoms. The van der Waals surface area contributed by atoms with Gasteiger partial charge in [0.05, 0.1) is 18.8 Å². The Hall–Kier alpha value is -1.77. The Kier molecular flexibility index (Phi) is 8.41. The van der Waals surface area contributed by atoms with Gasteiger partial charge in [-0.3, -0.25) is 9.45 Å². The zero-order valence-electron chi connectivity index (χ0n) is 17.4. The van der Waals surface area contributed by atoms with Gasteiger partial charge in [0.1, 0.15) is 0 Å². The number of ether oxygens (including phenoxy) is 1. The Morgan fingerprint density at radius 1 is 0.933 bits per heavy atom. The van der Waals surface area contributed by atoms with E-state index in [0.29, 0.717) is 6.04 Å². The summed E-state index contributed by atoms with van der Waals surface area (Å²) in [4.78, 5) is 2.55. The van der Waals surface area contributed by atoms with Gasteiger partial charge in [0.25, 0.3) is 0 Å². The van der Waals surface area contributed by atoms with E-state index in [2.05, 4.69) is 57.6 Å². The summed E-state index contributed by atoms with van der Waals surface area (Å²) >= 11 is 0. The molecule has 1 aliphatic carbocycles. The predicted molar refractivity (Wildman–Crippen MR) is 116 cm³/mol. The second-order valence-corrected chi connectivity index (χ2v) is 9.02. The van der Waals surface area contributed by atoms with Gasteiger partial charge in [-0.25, -0.2) is 4.18 Å². The average molecular weight is 434 g/mol. The molecule has 164 valence electrons. The third-order valence-corrected chi connectivity index (χ3v) is 6.04. The molecule has 1 saturated carbocycles. The third-order valence-electron chi connectivity index (χ3n) is 5.47. The maximum atomic E-state index is 10.8. The van der Waals surface area contributed by atoms with E-state index in [1.807, 2.05) is 12.1 Å². The minimum absolute atomic E-state index is 0.0870. The van der Waals surface area contributed by atoms with Crippen LogP contribution in [0.5, 0.6) is 0 Å². The van der Waals surface area contributed by atoms with E-state index in [4.69, 9.17) is 9.29 Å². The Morgan fingerprint density at radius 3 is 1.90 bits per heavy atom. The van der Waals surface area contributed by atoms with Crippen LogP contribution in [0.1, 0.15) is 43.7 Å². The number of hydrogen-bond donors (Lipinski definition) is 1. The van der Waals surface area contributed by atoms with Crippen LogP contribution < -0.4 is 0 Å². The molecule has 3 rings (SSSR count). The Labute approximate surface area is 179 Å². The van der Waals surface area contributed by atoms with Gasteiger partial charge in [0, 0.05) is 19.1 Å². The molecule has 0 radical (unpaired) electrons. The van der Waals surface area contributed by atoms with Crippen molar-refractivity contribution in [3.05, 3.63) is 71.8 Å². The minimum atomic E-state index is -4.44. The lowest BCUT2D eigenvalue weighted by molar-refractivity contribution is -0.0257. The molecule has 1 fully saturated rings. The van der Waals surface area contributed by atoms with E-state index in [0.717, 1.165) is 38.8 Å². The summed E-state index contributed by atoms with van der Waals surface area (Å²) in [5, 5.41) is 0. The zero-order valence-corrected chi connectivity index (χ0v) is 18.2. The fraction of sp³-hybridized carbons (Fsp3) is 0.478. The first-order chi connectivity index (χ1) is 14.4. The molecule has 1 unspecified atom stereocenters. The van der Waals surface area contributed by atoms with Crippen LogP contribution in [0.4, 0.5) is 0 Å². The van der Waals surface area contributed by atoms with Crippen LogP contribution >= 0.6 is 0 Å². The van der Waals surface area contributed by atoms with E-state index in [-0.39, 0.29) is 12.7 Å². The summed E-state index contributed by atoms with van der Waals surface area (Å²) in [5.74, 6) is 0. The fourth-order valence-electron chi connectivity index (χ4n) is 4.03. The van der Waals surface area contributed by atoms with Crippen molar-refractivity contribution >= 4 is 10.4 Å². The van der Waals surface area contributed by atoms with Crippen molar-refractivity contribution in [3.8, 4) is 0 Å². The highest BCUT2D eigenvalue weighted by atomic mass is 32.3. The summed E-state index contributed by atoms with van der Waals surface area (Å²) in [6.45, 7) is 3.53. The topological polar surface area (TPSA) is 76.1 Å². The summed E-state index contributed by atoms with van der Waals surface area (Å²) < 4.78 is 40.7. The average Bonchev–Trinajstić information content (AvgIpc) is 2.72. The molecular weight excluding hydrogens is 402 g/mol. The second-order valence-electron chi connectivity index (χ2n) is 7.97. The monoisotopic (exact) mass is 433 g/mol. The maximum absolute atomic E-state index is 10.8. The van der Waals surface area contributed by atoms with E-state index < -0.39 is 16.5 Å². The van der Waals surface area contributed by atoms with E-state index >= 15 is 0 Å². The first-order valence-corrected chi connectivity index (χ1v) is 11.8. The van der Waals surface area contributed by atoms with Crippen LogP contribution in [0.15, 0.2) is 60.7 Å². The molecule has 2 aromatic carbocycles. The Morgan fingerprint density at radius 2 is 1.43 bits per heavy atom. The number of rotatable bonds is 10. The normalized spacial score (nSPS) is 20.9. The lowest BCUT2D eigenvalue weighted by Gasteiger charge is -2.37. The molecule has 1 atom stereocenters. The number of benzene rings is 2. The van der Waals surface area contributed by atoms with Crippen molar-refractivity contribution in [2.45, 2.75) is 63.9 Å². The molecule has 30 heavy (non-hydrogen) atoms. The molecule has 7 heteroatoms. The van der Waals surface area contributed by atoms with Gasteiger partial charge in [-0.1, -0.05) is 60.7 Å². The van der Waals surface area contributed by atoms with Gasteiger partial charge in [-0.2, -0.15) is 8.42 Å². The van der Waals surface area contributed by atoms with Crippen molar-refractivity contribution in [2.75, 3.05) is 6.61 Å². The lowest BCUT2D eigenvalue weighted by atomic mass is 9.91. The molecule has 0 saturated heterocycles. The number of hydrogen-bond acceptors (Lipinski definition) is 5. The van der Waals surface area contributed by atoms with Crippen LogP contribution in [-0.4, -0.2) is 42.7 Å². The molecule has 0 heterocycles. The summed E-state index contributed by atoms with van der Waals surface area (Å²) in [5.41, 5.74) is 2.62. The standard InChI is InChI=1S/C23H31NO5S/c1-19(29-30(25,26)27)18-28-23-14-12-22(13-15-23)24(16-20-8-4-2-5-9-20)17-21-10-6-3-7-11-21/h2-11,19,22-23H,12-18H2,1H3,(H,25,26,27). The summed E-state index contributed by atoms with van der Waals surface area (Å²) in [7, 11) is -4.44. The minimum Gasteiger partial charge on any atom is -0.375 e. The molecule has 1 aliphatic rings. The van der Waals surface area contributed by atoms with Gasteiger partial charge in [0.2, 0.25) is 0 Å². The van der Waals surface area contributed by atoms with Gasteiger partial charge < -0.3 is 4.74 Å². The van der Waals surface area contributed by atoms with E-state index in [1.54, 1.807) is 6.92 Å². The SMILES string of the molecule is CC(COC1CCC(N(Cc2ccccc2)Cc2ccccc2)CC1)OS(=O)(=O)O. The van der Waals surface area contributed by atoms with Gasteiger partial charge in [-0.05, 0) is 43.7 Å². The van der Waals surface area contributed by atoms with Crippen molar-refractivity contribution < 1.29 is 21.9 Å². The molecule has 1 N–H and O–H groups in total. The van der Waals surface area contributed by atoms with Crippen molar-refractivity contribution in [1.82, 2.24) is 4.90 Å². The quantitative estimate of drug-likeness (QED) is 0.565. The van der Waals surface area contributed by atoms with Gasteiger partial charge in [0.15, 0.2) is 0 Å². The Balaban J connectivity index is 1.55. The maximum Gasteiger partial charge on any atom is 0.397 e. The molecule has 2 aromatic rings. The largest absolute Gasteiger partial charge is 0.397 e. The van der Waals surface area contributed by atoms with E-state index in [9.17, 15) is 8.42 Å². The fourth-order valence-corrected chi connectivity index (χ4v) is 4.50. The molecule has 0 aromatic heterocycles. The first-order valence-electron chi connectivity index (χ1n) is 10.5. The Bertz CT molecular complexity index is 810. The first kappa shape index (κ1) is 22.9. The highest BCUT2D eigenvalue weighted by Crippen LogP contribution is 2.28. The van der Waals surface area contributed by atoms with Gasteiger partial charge in [-0.15, -0.1) is 0 Å². The molecular formula is C23H31NO5S.